The van der Waals surface area contributed by atoms with Gasteiger partial charge >= 0.3 is 5.97 Å². The highest BCUT2D eigenvalue weighted by Crippen LogP contribution is 2.23. The van der Waals surface area contributed by atoms with Gasteiger partial charge in [-0.15, -0.1) is 5.10 Å². The van der Waals surface area contributed by atoms with Crippen molar-refractivity contribution in [2.75, 3.05) is 0 Å². The zero-order valence-electron chi connectivity index (χ0n) is 17.6. The highest BCUT2D eigenvalue weighted by molar-refractivity contribution is 5.88. The van der Waals surface area contributed by atoms with Gasteiger partial charge in [0.15, 0.2) is 5.69 Å². The van der Waals surface area contributed by atoms with Crippen molar-refractivity contribution in [3.05, 3.63) is 82.3 Å². The molecule has 0 aliphatic carbocycles. The van der Waals surface area contributed by atoms with Crippen LogP contribution in [0.25, 0.3) is 17.1 Å². The molecule has 0 saturated heterocycles. The van der Waals surface area contributed by atoms with Gasteiger partial charge in [-0.1, -0.05) is 29.0 Å². The third kappa shape index (κ3) is 4.09. The van der Waals surface area contributed by atoms with Crippen LogP contribution in [-0.4, -0.2) is 25.9 Å². The Labute approximate surface area is 178 Å². The van der Waals surface area contributed by atoms with Crippen molar-refractivity contribution in [1.29, 1.82) is 0 Å². The van der Waals surface area contributed by atoms with Crippen molar-refractivity contribution in [2.45, 2.75) is 34.3 Å². The van der Waals surface area contributed by atoms with Gasteiger partial charge in [0.25, 0.3) is 0 Å². The highest BCUT2D eigenvalue weighted by atomic mass is 19.1. The Hall–Kier alpha value is -3.81. The number of carbonyl (C=O) groups excluding carboxylic acids is 1. The summed E-state index contributed by atoms with van der Waals surface area (Å²) in [7, 11) is 0. The average molecular weight is 420 g/mol. The second-order valence-electron chi connectivity index (χ2n) is 7.33. The lowest BCUT2D eigenvalue weighted by Gasteiger charge is -2.05. The number of esters is 1. The standard InChI is InChI=1S/C23H21FN4O3/c1-13-5-8-17(9-6-13)22-25-20(16(4)31-22)12-30-23(29)21-15(3)28(27-26-21)18-10-7-14(2)19(24)11-18/h5-11H,12H2,1-4H3. The summed E-state index contributed by atoms with van der Waals surface area (Å²) in [5.74, 6) is 0.0315. The van der Waals surface area contributed by atoms with E-state index < -0.39 is 5.97 Å². The molecule has 0 bridgehead atoms. The predicted octanol–water partition coefficient (Wildman–Crippen LogP) is 4.65. The fourth-order valence-corrected chi connectivity index (χ4v) is 3.06. The van der Waals surface area contributed by atoms with Crippen LogP contribution in [0.4, 0.5) is 4.39 Å². The van der Waals surface area contributed by atoms with Crippen molar-refractivity contribution < 1.29 is 18.3 Å². The van der Waals surface area contributed by atoms with E-state index in [1.807, 2.05) is 31.2 Å². The van der Waals surface area contributed by atoms with Gasteiger partial charge in [-0.2, -0.15) is 0 Å². The zero-order chi connectivity index (χ0) is 22.1. The first-order chi connectivity index (χ1) is 14.8. The van der Waals surface area contributed by atoms with E-state index in [2.05, 4.69) is 15.3 Å². The summed E-state index contributed by atoms with van der Waals surface area (Å²) in [5.41, 5.74) is 4.01. The van der Waals surface area contributed by atoms with Crippen molar-refractivity contribution in [1.82, 2.24) is 20.0 Å². The quantitative estimate of drug-likeness (QED) is 0.437. The molecule has 158 valence electrons. The molecular weight excluding hydrogens is 399 g/mol. The number of rotatable bonds is 5. The molecule has 31 heavy (non-hydrogen) atoms. The van der Waals surface area contributed by atoms with Crippen LogP contribution in [0.3, 0.4) is 0 Å². The highest BCUT2D eigenvalue weighted by Gasteiger charge is 2.21. The number of carbonyl (C=O) groups is 1. The Balaban J connectivity index is 1.49. The fraction of sp³-hybridized carbons (Fsp3) is 0.217. The van der Waals surface area contributed by atoms with Gasteiger partial charge in [-0.3, -0.25) is 0 Å². The third-order valence-corrected chi connectivity index (χ3v) is 5.02. The molecule has 0 saturated carbocycles. The van der Waals surface area contributed by atoms with Crippen LogP contribution in [0, 0.1) is 33.5 Å². The first-order valence-electron chi connectivity index (χ1n) is 9.73. The Bertz CT molecular complexity index is 1260. The molecule has 0 aliphatic heterocycles. The molecule has 0 atom stereocenters. The number of halogens is 1. The first kappa shape index (κ1) is 20.5. The number of benzene rings is 2. The molecule has 8 heteroatoms. The summed E-state index contributed by atoms with van der Waals surface area (Å²) in [6.45, 7) is 7.05. The van der Waals surface area contributed by atoms with Crippen LogP contribution >= 0.6 is 0 Å². The number of aromatic nitrogens is 4. The summed E-state index contributed by atoms with van der Waals surface area (Å²) >= 11 is 0. The molecule has 7 nitrogen and oxygen atoms in total. The number of hydrogen-bond donors (Lipinski definition) is 0. The topological polar surface area (TPSA) is 83.0 Å². The fourth-order valence-electron chi connectivity index (χ4n) is 3.06. The van der Waals surface area contributed by atoms with Gasteiger partial charge in [-0.25, -0.2) is 18.9 Å². The molecular formula is C23H21FN4O3. The van der Waals surface area contributed by atoms with Crippen LogP contribution in [-0.2, 0) is 11.3 Å². The molecule has 0 amide bonds. The van der Waals surface area contributed by atoms with Crippen molar-refractivity contribution in [2.24, 2.45) is 0 Å². The lowest BCUT2D eigenvalue weighted by Crippen LogP contribution is -2.09. The van der Waals surface area contributed by atoms with E-state index >= 15 is 0 Å². The lowest BCUT2D eigenvalue weighted by molar-refractivity contribution is 0.0459. The summed E-state index contributed by atoms with van der Waals surface area (Å²) in [6, 6.07) is 12.5. The number of aryl methyl sites for hydroxylation is 3. The van der Waals surface area contributed by atoms with Gasteiger partial charge < -0.3 is 9.15 Å². The van der Waals surface area contributed by atoms with Crippen molar-refractivity contribution in [3.8, 4) is 17.1 Å². The smallest absolute Gasteiger partial charge is 0.361 e. The van der Waals surface area contributed by atoms with E-state index in [0.29, 0.717) is 34.3 Å². The van der Waals surface area contributed by atoms with Crippen LogP contribution < -0.4 is 0 Å². The summed E-state index contributed by atoms with van der Waals surface area (Å²) < 4.78 is 26.4. The van der Waals surface area contributed by atoms with Gasteiger partial charge in [0.1, 0.15) is 23.9 Å². The number of hydrogen-bond acceptors (Lipinski definition) is 6. The van der Waals surface area contributed by atoms with E-state index in [1.54, 1.807) is 32.9 Å². The normalized spacial score (nSPS) is 11.0. The van der Waals surface area contributed by atoms with Crippen LogP contribution in [0.1, 0.15) is 38.8 Å². The van der Waals surface area contributed by atoms with Crippen LogP contribution in [0.15, 0.2) is 46.9 Å². The SMILES string of the molecule is Cc1ccc(-c2nc(COC(=O)c3nnn(-c4ccc(C)c(F)c4)c3C)c(C)o2)cc1. The van der Waals surface area contributed by atoms with E-state index in [-0.39, 0.29) is 18.1 Å². The molecule has 0 radical (unpaired) electrons. The number of oxazole rings is 1. The maximum atomic E-state index is 13.9. The molecule has 4 rings (SSSR count). The Morgan fingerprint density at radius 2 is 1.84 bits per heavy atom. The molecule has 4 aromatic rings. The van der Waals surface area contributed by atoms with Gasteiger partial charge in [0, 0.05) is 5.56 Å². The largest absolute Gasteiger partial charge is 0.454 e. The zero-order valence-corrected chi connectivity index (χ0v) is 17.6. The minimum atomic E-state index is -0.643. The van der Waals surface area contributed by atoms with Gasteiger partial charge in [0.05, 0.1) is 11.4 Å². The van der Waals surface area contributed by atoms with Gasteiger partial charge in [-0.05, 0) is 57.5 Å². The molecule has 2 aromatic carbocycles. The maximum Gasteiger partial charge on any atom is 0.361 e. The third-order valence-electron chi connectivity index (χ3n) is 5.02. The second-order valence-corrected chi connectivity index (χ2v) is 7.33. The molecule has 2 aromatic heterocycles. The first-order valence-corrected chi connectivity index (χ1v) is 9.73. The molecule has 0 unspecified atom stereocenters. The molecule has 0 N–H and O–H groups in total. The summed E-state index contributed by atoms with van der Waals surface area (Å²) in [5, 5.41) is 7.88. The van der Waals surface area contributed by atoms with Crippen molar-refractivity contribution >= 4 is 5.97 Å². The minimum absolute atomic E-state index is 0.0564. The summed E-state index contributed by atoms with van der Waals surface area (Å²) in [4.78, 5) is 17.0. The monoisotopic (exact) mass is 420 g/mol. The van der Waals surface area contributed by atoms with E-state index in [1.165, 1.54) is 10.7 Å². The predicted molar refractivity (Wildman–Crippen MR) is 111 cm³/mol. The van der Waals surface area contributed by atoms with Gasteiger partial charge in [0.2, 0.25) is 5.89 Å². The maximum absolute atomic E-state index is 13.9. The Morgan fingerprint density at radius 3 is 2.55 bits per heavy atom. The minimum Gasteiger partial charge on any atom is -0.454 e. The van der Waals surface area contributed by atoms with Crippen molar-refractivity contribution in [3.63, 3.8) is 0 Å². The summed E-state index contributed by atoms with van der Waals surface area (Å²) in [6.07, 6.45) is 0. The van der Waals surface area contributed by atoms with E-state index in [9.17, 15) is 9.18 Å². The Morgan fingerprint density at radius 1 is 1.10 bits per heavy atom. The molecule has 0 aliphatic rings. The van der Waals surface area contributed by atoms with Crippen LogP contribution in [0.2, 0.25) is 0 Å². The molecule has 2 heterocycles. The molecule has 0 spiro atoms. The van der Waals surface area contributed by atoms with Crippen LogP contribution in [0.5, 0.6) is 0 Å². The second kappa shape index (κ2) is 8.14. The number of ether oxygens (including phenoxy) is 1. The average Bonchev–Trinajstić information content (AvgIpc) is 3.31. The number of nitrogens with zero attached hydrogens (tertiary/aromatic N) is 4. The van der Waals surface area contributed by atoms with E-state index in [0.717, 1.165) is 11.1 Å². The van der Waals surface area contributed by atoms with E-state index in [4.69, 9.17) is 9.15 Å². The molecule has 0 fully saturated rings. The Kier molecular flexibility index (Phi) is 5.37. The lowest BCUT2D eigenvalue weighted by atomic mass is 10.1.